The van der Waals surface area contributed by atoms with E-state index in [9.17, 15) is 0 Å². The van der Waals surface area contributed by atoms with Crippen LogP contribution in [0.5, 0.6) is 11.5 Å². The van der Waals surface area contributed by atoms with Crippen LogP contribution in [0.3, 0.4) is 0 Å². The summed E-state index contributed by atoms with van der Waals surface area (Å²) in [6.45, 7) is 4.20. The second kappa shape index (κ2) is 8.66. The molecule has 0 atom stereocenters. The van der Waals surface area contributed by atoms with E-state index < -0.39 is 0 Å². The maximum absolute atomic E-state index is 5.71. The quantitative estimate of drug-likeness (QED) is 0.594. The number of hydrogen-bond acceptors (Lipinski definition) is 4. The Morgan fingerprint density at radius 2 is 1.46 bits per heavy atom. The highest BCUT2D eigenvalue weighted by Gasteiger charge is 2.14. The third kappa shape index (κ3) is 4.69. The van der Waals surface area contributed by atoms with Gasteiger partial charge in [-0.15, -0.1) is 0 Å². The third-order valence-corrected chi connectivity index (χ3v) is 4.26. The normalized spacial score (nSPS) is 14.2. The molecular formula is C19H21NO3S. The SMILES string of the molecule is S=C(c1ccc(OCCOc2ccccc2)cc1)N1CCOCC1. The predicted molar refractivity (Wildman–Crippen MR) is 98.0 cm³/mol. The highest BCUT2D eigenvalue weighted by molar-refractivity contribution is 7.80. The van der Waals surface area contributed by atoms with Crippen molar-refractivity contribution < 1.29 is 14.2 Å². The van der Waals surface area contributed by atoms with E-state index in [1.54, 1.807) is 0 Å². The van der Waals surface area contributed by atoms with E-state index in [1.165, 1.54) is 0 Å². The number of morpholine rings is 1. The smallest absolute Gasteiger partial charge is 0.122 e. The number of rotatable bonds is 6. The Bertz CT molecular complexity index is 639. The van der Waals surface area contributed by atoms with Gasteiger partial charge in [0, 0.05) is 18.7 Å². The van der Waals surface area contributed by atoms with E-state index in [0.717, 1.165) is 48.4 Å². The molecule has 2 aromatic carbocycles. The first kappa shape index (κ1) is 16.7. The molecule has 1 fully saturated rings. The maximum atomic E-state index is 5.71. The van der Waals surface area contributed by atoms with Crippen molar-refractivity contribution in [3.8, 4) is 11.5 Å². The zero-order chi connectivity index (χ0) is 16.6. The molecule has 0 bridgehead atoms. The molecule has 24 heavy (non-hydrogen) atoms. The van der Waals surface area contributed by atoms with Crippen LogP contribution in [-0.2, 0) is 4.74 Å². The lowest BCUT2D eigenvalue weighted by Crippen LogP contribution is -2.40. The largest absolute Gasteiger partial charge is 0.490 e. The van der Waals surface area contributed by atoms with Crippen molar-refractivity contribution in [2.75, 3.05) is 39.5 Å². The van der Waals surface area contributed by atoms with E-state index in [-0.39, 0.29) is 0 Å². The van der Waals surface area contributed by atoms with E-state index >= 15 is 0 Å². The predicted octanol–water partition coefficient (Wildman–Crippen LogP) is 3.15. The molecule has 0 unspecified atom stereocenters. The van der Waals surface area contributed by atoms with Crippen molar-refractivity contribution in [3.05, 3.63) is 60.2 Å². The zero-order valence-corrected chi connectivity index (χ0v) is 14.3. The average molecular weight is 343 g/mol. The lowest BCUT2D eigenvalue weighted by atomic mass is 10.2. The first-order chi connectivity index (χ1) is 11.8. The number of nitrogens with zero attached hydrogens (tertiary/aromatic N) is 1. The number of para-hydroxylation sites is 1. The topological polar surface area (TPSA) is 30.9 Å². The fourth-order valence-electron chi connectivity index (χ4n) is 2.48. The summed E-state index contributed by atoms with van der Waals surface area (Å²) in [7, 11) is 0. The van der Waals surface area contributed by atoms with Crippen LogP contribution in [0.2, 0.25) is 0 Å². The van der Waals surface area contributed by atoms with Crippen molar-refractivity contribution in [2.45, 2.75) is 0 Å². The summed E-state index contributed by atoms with van der Waals surface area (Å²) >= 11 is 5.55. The van der Waals surface area contributed by atoms with E-state index in [2.05, 4.69) is 4.90 Å². The first-order valence-electron chi connectivity index (χ1n) is 8.11. The standard InChI is InChI=1S/C19H21NO3S/c24-19(20-10-12-21-13-11-20)16-6-8-18(9-7-16)23-15-14-22-17-4-2-1-3-5-17/h1-9H,10-15H2. The summed E-state index contributed by atoms with van der Waals surface area (Å²) in [5.74, 6) is 1.67. The van der Waals surface area contributed by atoms with Crippen LogP contribution in [-0.4, -0.2) is 49.4 Å². The molecular weight excluding hydrogens is 322 g/mol. The summed E-state index contributed by atoms with van der Waals surface area (Å²) in [6.07, 6.45) is 0. The van der Waals surface area contributed by atoms with E-state index in [4.69, 9.17) is 26.4 Å². The van der Waals surface area contributed by atoms with Gasteiger partial charge in [-0.3, -0.25) is 0 Å². The molecule has 0 aromatic heterocycles. The van der Waals surface area contributed by atoms with Crippen LogP contribution in [0, 0.1) is 0 Å². The second-order valence-corrected chi connectivity index (χ2v) is 5.83. The molecule has 0 radical (unpaired) electrons. The van der Waals surface area contributed by atoms with Crippen LogP contribution in [0.4, 0.5) is 0 Å². The van der Waals surface area contributed by atoms with E-state index in [0.29, 0.717) is 13.2 Å². The molecule has 4 nitrogen and oxygen atoms in total. The van der Waals surface area contributed by atoms with Gasteiger partial charge in [0.15, 0.2) is 0 Å². The van der Waals surface area contributed by atoms with Gasteiger partial charge in [-0.1, -0.05) is 30.4 Å². The fourth-order valence-corrected chi connectivity index (χ4v) is 2.80. The molecule has 0 spiro atoms. The zero-order valence-electron chi connectivity index (χ0n) is 13.5. The Morgan fingerprint density at radius 3 is 2.08 bits per heavy atom. The van der Waals surface area contributed by atoms with Gasteiger partial charge < -0.3 is 19.1 Å². The summed E-state index contributed by atoms with van der Waals surface area (Å²) in [5.41, 5.74) is 1.04. The van der Waals surface area contributed by atoms with Crippen molar-refractivity contribution in [3.63, 3.8) is 0 Å². The van der Waals surface area contributed by atoms with Crippen LogP contribution < -0.4 is 9.47 Å². The molecule has 1 aliphatic rings. The minimum Gasteiger partial charge on any atom is -0.490 e. The lowest BCUT2D eigenvalue weighted by Gasteiger charge is -2.29. The number of ether oxygens (including phenoxy) is 3. The molecule has 1 saturated heterocycles. The molecule has 0 amide bonds. The Morgan fingerprint density at radius 1 is 0.875 bits per heavy atom. The van der Waals surface area contributed by atoms with E-state index in [1.807, 2.05) is 54.6 Å². The van der Waals surface area contributed by atoms with Gasteiger partial charge in [0.2, 0.25) is 0 Å². The minimum atomic E-state index is 0.502. The summed E-state index contributed by atoms with van der Waals surface area (Å²) < 4.78 is 16.7. The summed E-state index contributed by atoms with van der Waals surface area (Å²) in [5, 5.41) is 0. The Balaban J connectivity index is 1.45. The Hall–Kier alpha value is -2.11. The van der Waals surface area contributed by atoms with Gasteiger partial charge in [-0.05, 0) is 36.4 Å². The molecule has 126 valence electrons. The van der Waals surface area contributed by atoms with Gasteiger partial charge in [0.1, 0.15) is 29.7 Å². The molecule has 1 heterocycles. The lowest BCUT2D eigenvalue weighted by molar-refractivity contribution is 0.0693. The van der Waals surface area contributed by atoms with Gasteiger partial charge >= 0.3 is 0 Å². The van der Waals surface area contributed by atoms with Gasteiger partial charge in [-0.2, -0.15) is 0 Å². The van der Waals surface area contributed by atoms with Gasteiger partial charge in [-0.25, -0.2) is 0 Å². The average Bonchev–Trinajstić information content (AvgIpc) is 2.67. The van der Waals surface area contributed by atoms with Crippen LogP contribution in [0.1, 0.15) is 5.56 Å². The van der Waals surface area contributed by atoms with Gasteiger partial charge in [0.25, 0.3) is 0 Å². The first-order valence-corrected chi connectivity index (χ1v) is 8.51. The van der Waals surface area contributed by atoms with Crippen LogP contribution >= 0.6 is 12.2 Å². The number of benzene rings is 2. The highest BCUT2D eigenvalue weighted by atomic mass is 32.1. The number of thiocarbonyl (C=S) groups is 1. The van der Waals surface area contributed by atoms with Crippen LogP contribution in [0.15, 0.2) is 54.6 Å². The molecule has 3 rings (SSSR count). The van der Waals surface area contributed by atoms with Crippen molar-refractivity contribution in [1.82, 2.24) is 4.90 Å². The van der Waals surface area contributed by atoms with Gasteiger partial charge in [0.05, 0.1) is 13.2 Å². The summed E-state index contributed by atoms with van der Waals surface area (Å²) in [6, 6.07) is 17.6. The molecule has 2 aromatic rings. The maximum Gasteiger partial charge on any atom is 0.122 e. The Labute approximate surface area is 147 Å². The molecule has 1 aliphatic heterocycles. The minimum absolute atomic E-state index is 0.502. The van der Waals surface area contributed by atoms with Crippen LogP contribution in [0.25, 0.3) is 0 Å². The fraction of sp³-hybridized carbons (Fsp3) is 0.316. The monoisotopic (exact) mass is 343 g/mol. The molecule has 0 saturated carbocycles. The van der Waals surface area contributed by atoms with Crippen molar-refractivity contribution in [2.24, 2.45) is 0 Å². The Kier molecular flexibility index (Phi) is 6.04. The third-order valence-electron chi connectivity index (χ3n) is 3.76. The molecule has 5 heteroatoms. The number of hydrogen-bond donors (Lipinski definition) is 0. The highest BCUT2D eigenvalue weighted by Crippen LogP contribution is 2.15. The van der Waals surface area contributed by atoms with Crippen molar-refractivity contribution >= 4 is 17.2 Å². The molecule has 0 aliphatic carbocycles. The second-order valence-electron chi connectivity index (χ2n) is 5.44. The van der Waals surface area contributed by atoms with Crippen molar-refractivity contribution in [1.29, 1.82) is 0 Å². The molecule has 0 N–H and O–H groups in total. The summed E-state index contributed by atoms with van der Waals surface area (Å²) in [4.78, 5) is 3.06.